The molecule has 0 spiro atoms. The van der Waals surface area contributed by atoms with Crippen molar-refractivity contribution in [3.63, 3.8) is 0 Å². The molecule has 0 saturated carbocycles. The molecule has 2 N–H and O–H groups in total. The molecule has 4 rings (SSSR count). The maximum Gasteiger partial charge on any atom is 0.336 e. The molecule has 0 bridgehead atoms. The van der Waals surface area contributed by atoms with Crippen molar-refractivity contribution in [1.29, 1.82) is 0 Å². The van der Waals surface area contributed by atoms with Crippen LogP contribution in [0.2, 0.25) is 10.0 Å². The van der Waals surface area contributed by atoms with E-state index in [1.807, 2.05) is 25.1 Å². The van der Waals surface area contributed by atoms with E-state index in [4.69, 9.17) is 23.2 Å². The van der Waals surface area contributed by atoms with Crippen LogP contribution < -0.4 is 5.32 Å². The highest BCUT2D eigenvalue weighted by Crippen LogP contribution is 2.53. The van der Waals surface area contributed by atoms with Gasteiger partial charge in [-0.3, -0.25) is 0 Å². The van der Waals surface area contributed by atoms with Crippen molar-refractivity contribution in [2.24, 2.45) is 5.92 Å². The van der Waals surface area contributed by atoms with Gasteiger partial charge in [-0.05, 0) is 48.1 Å². The van der Waals surface area contributed by atoms with Gasteiger partial charge in [-0.2, -0.15) is 0 Å². The van der Waals surface area contributed by atoms with Gasteiger partial charge in [0, 0.05) is 11.6 Å². The number of rotatable bonds is 2. The first-order valence-electron chi connectivity index (χ1n) is 8.23. The van der Waals surface area contributed by atoms with E-state index in [2.05, 4.69) is 17.5 Å². The average Bonchev–Trinajstić information content (AvgIpc) is 3.07. The zero-order chi connectivity index (χ0) is 17.7. The Bertz CT molecular complexity index is 907. The SMILES string of the molecule is Cc1ccc(C(=O)O)c2c1N[C@H](c1cccc(Cl)c1Cl)[C@H]1CC=C[C@H]21. The minimum Gasteiger partial charge on any atom is -0.478 e. The Balaban J connectivity index is 1.90. The van der Waals surface area contributed by atoms with Gasteiger partial charge in [0.2, 0.25) is 0 Å². The number of fused-ring (bicyclic) bond motifs is 3. The second kappa shape index (κ2) is 6.08. The predicted molar refractivity (Wildman–Crippen MR) is 101 cm³/mol. The van der Waals surface area contributed by atoms with Crippen molar-refractivity contribution in [2.45, 2.75) is 25.3 Å². The molecule has 1 aliphatic heterocycles. The highest BCUT2D eigenvalue weighted by Gasteiger charge is 2.41. The highest BCUT2D eigenvalue weighted by atomic mass is 35.5. The summed E-state index contributed by atoms with van der Waals surface area (Å²) in [4.78, 5) is 11.7. The van der Waals surface area contributed by atoms with Gasteiger partial charge in [0.25, 0.3) is 0 Å². The van der Waals surface area contributed by atoms with Crippen LogP contribution in [0.3, 0.4) is 0 Å². The van der Waals surface area contributed by atoms with Crippen LogP contribution in [0.4, 0.5) is 5.69 Å². The first-order chi connectivity index (χ1) is 12.0. The van der Waals surface area contributed by atoms with Gasteiger partial charge in [-0.1, -0.05) is 53.6 Å². The minimum atomic E-state index is -0.892. The molecule has 0 fully saturated rings. The Morgan fingerprint density at radius 3 is 2.80 bits per heavy atom. The van der Waals surface area contributed by atoms with Crippen LogP contribution in [-0.2, 0) is 0 Å². The molecule has 1 aliphatic carbocycles. The summed E-state index contributed by atoms with van der Waals surface area (Å²) in [7, 11) is 0. The summed E-state index contributed by atoms with van der Waals surface area (Å²) < 4.78 is 0. The molecule has 128 valence electrons. The third-order valence-electron chi connectivity index (χ3n) is 5.28. The summed E-state index contributed by atoms with van der Waals surface area (Å²) in [6.45, 7) is 1.99. The van der Waals surface area contributed by atoms with Gasteiger partial charge in [0.15, 0.2) is 0 Å². The molecule has 0 aromatic heterocycles. The van der Waals surface area contributed by atoms with Crippen molar-refractivity contribution in [2.75, 3.05) is 5.32 Å². The lowest BCUT2D eigenvalue weighted by Crippen LogP contribution is -2.31. The van der Waals surface area contributed by atoms with Gasteiger partial charge < -0.3 is 10.4 Å². The summed E-state index contributed by atoms with van der Waals surface area (Å²) >= 11 is 12.7. The summed E-state index contributed by atoms with van der Waals surface area (Å²) in [6.07, 6.45) is 5.13. The van der Waals surface area contributed by atoms with E-state index < -0.39 is 5.97 Å². The maximum atomic E-state index is 11.7. The van der Waals surface area contributed by atoms with E-state index in [-0.39, 0.29) is 17.9 Å². The van der Waals surface area contributed by atoms with E-state index in [0.29, 0.717) is 15.6 Å². The predicted octanol–water partition coefficient (Wildman–Crippen LogP) is 5.83. The maximum absolute atomic E-state index is 11.7. The van der Waals surface area contributed by atoms with Crippen molar-refractivity contribution < 1.29 is 9.90 Å². The fourth-order valence-electron chi connectivity index (χ4n) is 4.11. The third-order valence-corrected chi connectivity index (χ3v) is 6.11. The third kappa shape index (κ3) is 2.54. The Kier molecular flexibility index (Phi) is 4.01. The van der Waals surface area contributed by atoms with Crippen molar-refractivity contribution in [3.05, 3.63) is 74.8 Å². The highest BCUT2D eigenvalue weighted by molar-refractivity contribution is 6.42. The molecule has 0 amide bonds. The van der Waals surface area contributed by atoms with E-state index in [1.165, 1.54) is 0 Å². The van der Waals surface area contributed by atoms with Crippen LogP contribution >= 0.6 is 23.2 Å². The second-order valence-electron chi connectivity index (χ2n) is 6.64. The molecule has 25 heavy (non-hydrogen) atoms. The Morgan fingerprint density at radius 2 is 2.04 bits per heavy atom. The zero-order valence-corrected chi connectivity index (χ0v) is 15.1. The lowest BCUT2D eigenvalue weighted by atomic mass is 9.74. The molecule has 0 unspecified atom stereocenters. The summed E-state index contributed by atoms with van der Waals surface area (Å²) in [5, 5.41) is 14.3. The van der Waals surface area contributed by atoms with E-state index in [1.54, 1.807) is 12.1 Å². The lowest BCUT2D eigenvalue weighted by Gasteiger charge is -2.39. The monoisotopic (exact) mass is 373 g/mol. The topological polar surface area (TPSA) is 49.3 Å². The second-order valence-corrected chi connectivity index (χ2v) is 7.43. The van der Waals surface area contributed by atoms with Crippen molar-refractivity contribution >= 4 is 34.9 Å². The molecule has 2 aromatic rings. The largest absolute Gasteiger partial charge is 0.478 e. The van der Waals surface area contributed by atoms with Crippen LogP contribution in [0.25, 0.3) is 0 Å². The molecule has 3 nitrogen and oxygen atoms in total. The molecule has 5 heteroatoms. The van der Waals surface area contributed by atoms with Gasteiger partial charge in [0.05, 0.1) is 21.7 Å². The quantitative estimate of drug-likeness (QED) is 0.651. The number of hydrogen-bond acceptors (Lipinski definition) is 2. The summed E-state index contributed by atoms with van der Waals surface area (Å²) in [6, 6.07) is 9.21. The minimum absolute atomic E-state index is 0.0126. The molecular weight excluding hydrogens is 357 g/mol. The fourth-order valence-corrected chi connectivity index (χ4v) is 4.54. The number of carboxylic acids is 1. The number of halogens is 2. The Labute approximate surface area is 156 Å². The number of anilines is 1. The number of carbonyl (C=O) groups is 1. The van der Waals surface area contributed by atoms with Crippen LogP contribution in [0, 0.1) is 12.8 Å². The average molecular weight is 374 g/mol. The van der Waals surface area contributed by atoms with Gasteiger partial charge in [-0.25, -0.2) is 4.79 Å². The Morgan fingerprint density at radius 1 is 1.24 bits per heavy atom. The van der Waals surface area contributed by atoms with Crippen molar-refractivity contribution in [3.8, 4) is 0 Å². The molecule has 2 aliphatic rings. The van der Waals surface area contributed by atoms with Gasteiger partial charge in [-0.15, -0.1) is 0 Å². The number of aromatic carboxylic acids is 1. The molecule has 0 saturated heterocycles. The van der Waals surface area contributed by atoms with Gasteiger partial charge >= 0.3 is 5.97 Å². The normalized spacial score (nSPS) is 23.7. The molecule has 3 atom stereocenters. The number of carboxylic acid groups (broad SMARTS) is 1. The molecular formula is C20H17Cl2NO2. The smallest absolute Gasteiger partial charge is 0.336 e. The number of allylic oxidation sites excluding steroid dienone is 2. The van der Waals surface area contributed by atoms with E-state index >= 15 is 0 Å². The first-order valence-corrected chi connectivity index (χ1v) is 8.98. The first kappa shape index (κ1) is 16.5. The number of benzene rings is 2. The van der Waals surface area contributed by atoms with Gasteiger partial charge in [0.1, 0.15) is 0 Å². The Hall–Kier alpha value is -1.97. The van der Waals surface area contributed by atoms with Crippen LogP contribution in [-0.4, -0.2) is 11.1 Å². The summed E-state index contributed by atoms with van der Waals surface area (Å²) in [5.41, 5.74) is 4.13. The number of aryl methyl sites for hydroxylation is 1. The van der Waals surface area contributed by atoms with E-state index in [9.17, 15) is 9.90 Å². The molecule has 0 radical (unpaired) electrons. The number of nitrogens with one attached hydrogen (secondary N) is 1. The van der Waals surface area contributed by atoms with Crippen LogP contribution in [0.1, 0.15) is 45.4 Å². The van der Waals surface area contributed by atoms with Crippen molar-refractivity contribution in [1.82, 2.24) is 0 Å². The standard InChI is InChI=1S/C20H17Cl2NO2/c1-10-8-9-13(20(24)25)16-11-4-2-5-12(11)19(23-18(10)16)14-6-3-7-15(21)17(14)22/h2-4,6-9,11-12,19,23H,5H2,1H3,(H,24,25)/t11-,12-,19-/m0/s1. The van der Waals surface area contributed by atoms with Crippen LogP contribution in [0.5, 0.6) is 0 Å². The molecule has 2 aromatic carbocycles. The summed E-state index contributed by atoms with van der Waals surface area (Å²) in [5.74, 6) is -0.623. The molecule has 1 heterocycles. The van der Waals surface area contributed by atoms with Crippen LogP contribution in [0.15, 0.2) is 42.5 Å². The zero-order valence-electron chi connectivity index (χ0n) is 13.6. The fraction of sp³-hybridized carbons (Fsp3) is 0.250. The lowest BCUT2D eigenvalue weighted by molar-refractivity contribution is 0.0695. The van der Waals surface area contributed by atoms with E-state index in [0.717, 1.165) is 28.8 Å². The number of hydrogen-bond donors (Lipinski definition) is 2.